The van der Waals surface area contributed by atoms with Gasteiger partial charge in [0.05, 0.1) is 5.56 Å². The summed E-state index contributed by atoms with van der Waals surface area (Å²) in [7, 11) is 0. The molecule has 1 aromatic rings. The lowest BCUT2D eigenvalue weighted by Gasteiger charge is -2.25. The Kier molecular flexibility index (Phi) is 2.85. The monoisotopic (exact) mass is 220 g/mol. The molecule has 1 aliphatic heterocycles. The van der Waals surface area contributed by atoms with Crippen molar-refractivity contribution < 1.29 is 14.7 Å². The molecule has 1 fully saturated rings. The number of carbonyl (C=O) groups is 2. The van der Waals surface area contributed by atoms with Gasteiger partial charge in [-0.1, -0.05) is 0 Å². The highest BCUT2D eigenvalue weighted by Gasteiger charge is 2.21. The van der Waals surface area contributed by atoms with Crippen LogP contribution < -0.4 is 4.90 Å². The van der Waals surface area contributed by atoms with Gasteiger partial charge in [0.1, 0.15) is 5.82 Å². The van der Waals surface area contributed by atoms with Gasteiger partial charge in [0.25, 0.3) is 0 Å². The summed E-state index contributed by atoms with van der Waals surface area (Å²) in [4.78, 5) is 28.0. The van der Waals surface area contributed by atoms with Crippen LogP contribution in [0, 0.1) is 0 Å². The normalized spacial score (nSPS) is 16.2. The number of rotatable bonds is 2. The second kappa shape index (κ2) is 4.30. The van der Waals surface area contributed by atoms with Crippen LogP contribution in [0.1, 0.15) is 29.6 Å². The largest absolute Gasteiger partial charge is 0.478 e. The maximum absolute atomic E-state index is 11.6. The first kappa shape index (κ1) is 10.6. The minimum atomic E-state index is -1.01. The SMILES string of the molecule is O=C(O)c1ccnc(N2CCCCC2=O)c1. The average molecular weight is 220 g/mol. The third kappa shape index (κ3) is 2.03. The zero-order valence-electron chi connectivity index (χ0n) is 8.72. The van der Waals surface area contributed by atoms with Crippen molar-refractivity contribution in [3.8, 4) is 0 Å². The predicted molar refractivity (Wildman–Crippen MR) is 57.4 cm³/mol. The number of carboxylic acid groups (broad SMARTS) is 1. The fourth-order valence-corrected chi connectivity index (χ4v) is 1.75. The summed E-state index contributed by atoms with van der Waals surface area (Å²) >= 11 is 0. The van der Waals surface area contributed by atoms with Crippen LogP contribution in [0.25, 0.3) is 0 Å². The third-order valence-electron chi connectivity index (χ3n) is 2.59. The van der Waals surface area contributed by atoms with Crippen LogP contribution in [-0.4, -0.2) is 28.5 Å². The lowest BCUT2D eigenvalue weighted by molar-refractivity contribution is -0.119. The molecule has 0 bridgehead atoms. The van der Waals surface area contributed by atoms with Gasteiger partial charge >= 0.3 is 5.97 Å². The molecule has 2 heterocycles. The zero-order chi connectivity index (χ0) is 11.5. The van der Waals surface area contributed by atoms with Gasteiger partial charge in [-0.3, -0.25) is 9.69 Å². The van der Waals surface area contributed by atoms with Crippen molar-refractivity contribution in [1.29, 1.82) is 0 Å². The van der Waals surface area contributed by atoms with Crippen molar-refractivity contribution in [3.05, 3.63) is 23.9 Å². The number of anilines is 1. The van der Waals surface area contributed by atoms with Crippen molar-refractivity contribution in [3.63, 3.8) is 0 Å². The van der Waals surface area contributed by atoms with E-state index in [2.05, 4.69) is 4.98 Å². The second-order valence-corrected chi connectivity index (χ2v) is 3.71. The number of carboxylic acids is 1. The van der Waals surface area contributed by atoms with E-state index in [1.54, 1.807) is 4.90 Å². The number of amides is 1. The van der Waals surface area contributed by atoms with Crippen LogP contribution in [0.3, 0.4) is 0 Å². The molecule has 0 unspecified atom stereocenters. The molecular formula is C11H12N2O3. The van der Waals surface area contributed by atoms with Gasteiger partial charge in [0, 0.05) is 19.2 Å². The molecule has 0 saturated carbocycles. The van der Waals surface area contributed by atoms with Gasteiger partial charge in [0.2, 0.25) is 5.91 Å². The fourth-order valence-electron chi connectivity index (χ4n) is 1.75. The van der Waals surface area contributed by atoms with Gasteiger partial charge < -0.3 is 5.11 Å². The minimum absolute atomic E-state index is 0.0151. The molecule has 0 atom stereocenters. The molecule has 1 aliphatic rings. The van der Waals surface area contributed by atoms with Gasteiger partial charge in [0.15, 0.2) is 0 Å². The maximum Gasteiger partial charge on any atom is 0.335 e. The van der Waals surface area contributed by atoms with Crippen LogP contribution in [0.2, 0.25) is 0 Å². The molecule has 0 aromatic carbocycles. The van der Waals surface area contributed by atoms with Crippen molar-refractivity contribution in [2.24, 2.45) is 0 Å². The number of hydrogen-bond acceptors (Lipinski definition) is 3. The Balaban J connectivity index is 2.28. The topological polar surface area (TPSA) is 70.5 Å². The van der Waals surface area contributed by atoms with Crippen LogP contribution in [0.15, 0.2) is 18.3 Å². The molecule has 1 saturated heterocycles. The highest BCUT2D eigenvalue weighted by Crippen LogP contribution is 2.19. The Bertz CT molecular complexity index is 431. The summed E-state index contributed by atoms with van der Waals surface area (Å²) in [5.74, 6) is -0.556. The van der Waals surface area contributed by atoms with Gasteiger partial charge in [-0.25, -0.2) is 9.78 Å². The molecule has 0 radical (unpaired) electrons. The molecule has 1 amide bonds. The lowest BCUT2D eigenvalue weighted by atomic mass is 10.1. The molecule has 1 N–H and O–H groups in total. The van der Waals surface area contributed by atoms with Crippen LogP contribution in [-0.2, 0) is 4.79 Å². The zero-order valence-corrected chi connectivity index (χ0v) is 8.72. The van der Waals surface area contributed by atoms with Crippen LogP contribution >= 0.6 is 0 Å². The molecule has 5 nitrogen and oxygen atoms in total. The van der Waals surface area contributed by atoms with E-state index in [-0.39, 0.29) is 11.5 Å². The second-order valence-electron chi connectivity index (χ2n) is 3.71. The quantitative estimate of drug-likeness (QED) is 0.815. The Labute approximate surface area is 92.7 Å². The summed E-state index contributed by atoms with van der Waals surface area (Å²) in [6.45, 7) is 0.620. The Morgan fingerprint density at radius 2 is 2.25 bits per heavy atom. The number of aromatic nitrogens is 1. The van der Waals surface area contributed by atoms with Crippen molar-refractivity contribution >= 4 is 17.7 Å². The number of piperidine rings is 1. The summed E-state index contributed by atoms with van der Waals surface area (Å²) in [5.41, 5.74) is 0.156. The predicted octanol–water partition coefficient (Wildman–Crippen LogP) is 1.30. The Morgan fingerprint density at radius 1 is 1.44 bits per heavy atom. The van der Waals surface area contributed by atoms with E-state index in [0.717, 1.165) is 12.8 Å². The van der Waals surface area contributed by atoms with Crippen molar-refractivity contribution in [2.75, 3.05) is 11.4 Å². The average Bonchev–Trinajstić information content (AvgIpc) is 2.30. The van der Waals surface area contributed by atoms with E-state index in [4.69, 9.17) is 5.11 Å². The molecule has 1 aromatic heterocycles. The number of aromatic carboxylic acids is 1. The highest BCUT2D eigenvalue weighted by atomic mass is 16.4. The maximum atomic E-state index is 11.6. The summed E-state index contributed by atoms with van der Waals surface area (Å²) in [5, 5.41) is 8.84. The van der Waals surface area contributed by atoms with E-state index in [1.165, 1.54) is 18.3 Å². The van der Waals surface area contributed by atoms with Crippen molar-refractivity contribution in [1.82, 2.24) is 4.98 Å². The van der Waals surface area contributed by atoms with E-state index in [0.29, 0.717) is 18.8 Å². The van der Waals surface area contributed by atoms with Crippen LogP contribution in [0.4, 0.5) is 5.82 Å². The van der Waals surface area contributed by atoms with Gasteiger partial charge in [-0.2, -0.15) is 0 Å². The van der Waals surface area contributed by atoms with Crippen LogP contribution in [0.5, 0.6) is 0 Å². The number of nitrogens with zero attached hydrogens (tertiary/aromatic N) is 2. The van der Waals surface area contributed by atoms with Gasteiger partial charge in [-0.15, -0.1) is 0 Å². The molecule has 0 spiro atoms. The molecule has 0 aliphatic carbocycles. The smallest absolute Gasteiger partial charge is 0.335 e. The molecule has 84 valence electrons. The number of hydrogen-bond donors (Lipinski definition) is 1. The molecule has 16 heavy (non-hydrogen) atoms. The Morgan fingerprint density at radius 3 is 2.94 bits per heavy atom. The first-order chi connectivity index (χ1) is 7.68. The summed E-state index contributed by atoms with van der Waals surface area (Å²) in [6, 6.07) is 2.85. The minimum Gasteiger partial charge on any atom is -0.478 e. The van der Waals surface area contributed by atoms with Crippen molar-refractivity contribution in [2.45, 2.75) is 19.3 Å². The first-order valence-electron chi connectivity index (χ1n) is 5.18. The van der Waals surface area contributed by atoms with Gasteiger partial charge in [-0.05, 0) is 25.0 Å². The first-order valence-corrected chi connectivity index (χ1v) is 5.18. The molecule has 2 rings (SSSR count). The van der Waals surface area contributed by atoms with E-state index >= 15 is 0 Å². The lowest BCUT2D eigenvalue weighted by Crippen LogP contribution is -2.35. The molecular weight excluding hydrogens is 208 g/mol. The molecule has 5 heteroatoms. The Hall–Kier alpha value is -1.91. The summed E-state index contributed by atoms with van der Waals surface area (Å²) in [6.07, 6.45) is 3.76. The number of carbonyl (C=O) groups excluding carboxylic acids is 1. The van der Waals surface area contributed by atoms with E-state index < -0.39 is 5.97 Å². The standard InChI is InChI=1S/C11H12N2O3/c14-10-3-1-2-6-13(10)9-7-8(11(15)16)4-5-12-9/h4-5,7H,1-3,6H2,(H,15,16). The number of pyridine rings is 1. The fraction of sp³-hybridized carbons (Fsp3) is 0.364. The van der Waals surface area contributed by atoms with E-state index in [1.807, 2.05) is 0 Å². The van der Waals surface area contributed by atoms with E-state index in [9.17, 15) is 9.59 Å². The third-order valence-corrected chi connectivity index (χ3v) is 2.59. The summed E-state index contributed by atoms with van der Waals surface area (Å²) < 4.78 is 0. The highest BCUT2D eigenvalue weighted by molar-refractivity contribution is 5.95.